The fourth-order valence-corrected chi connectivity index (χ4v) is 0.800. The molecular formula is C8H18N2O4. The Balaban J connectivity index is 3.16. The van der Waals surface area contributed by atoms with Crippen LogP contribution in [0, 0.1) is 0 Å². The largest absolute Gasteiger partial charge is 0.370 e. The Morgan fingerprint density at radius 3 is 2.57 bits per heavy atom. The third kappa shape index (κ3) is 7.93. The normalized spacial score (nSPS) is 10.8. The zero-order valence-electron chi connectivity index (χ0n) is 8.62. The van der Waals surface area contributed by atoms with Gasteiger partial charge >= 0.3 is 0 Å². The van der Waals surface area contributed by atoms with Crippen LogP contribution in [0.1, 0.15) is 0 Å². The molecule has 1 amide bonds. The van der Waals surface area contributed by atoms with Gasteiger partial charge in [0.05, 0.1) is 6.61 Å². The van der Waals surface area contributed by atoms with Gasteiger partial charge in [0.1, 0.15) is 6.61 Å². The predicted molar refractivity (Wildman–Crippen MR) is 50.7 cm³/mol. The van der Waals surface area contributed by atoms with Gasteiger partial charge in [0, 0.05) is 27.3 Å². The summed E-state index contributed by atoms with van der Waals surface area (Å²) in [6.07, 6.45) is -0.258. The van der Waals surface area contributed by atoms with Crippen molar-refractivity contribution in [1.82, 2.24) is 5.32 Å². The second-order valence-corrected chi connectivity index (χ2v) is 2.62. The van der Waals surface area contributed by atoms with Crippen LogP contribution >= 0.6 is 0 Å². The molecule has 0 bridgehead atoms. The summed E-state index contributed by atoms with van der Waals surface area (Å²) in [4.78, 5) is 10.3. The van der Waals surface area contributed by atoms with Crippen molar-refractivity contribution in [2.24, 2.45) is 5.73 Å². The van der Waals surface area contributed by atoms with E-state index >= 15 is 0 Å². The van der Waals surface area contributed by atoms with Crippen molar-refractivity contribution in [2.45, 2.75) is 6.29 Å². The third-order valence-corrected chi connectivity index (χ3v) is 1.50. The van der Waals surface area contributed by atoms with Crippen molar-refractivity contribution >= 4 is 5.91 Å². The van der Waals surface area contributed by atoms with Crippen LogP contribution < -0.4 is 11.1 Å². The van der Waals surface area contributed by atoms with E-state index in [9.17, 15) is 4.79 Å². The Bertz CT molecular complexity index is 150. The molecule has 6 heteroatoms. The van der Waals surface area contributed by atoms with E-state index in [0.717, 1.165) is 0 Å². The number of hydrogen-bond donors (Lipinski definition) is 2. The molecule has 0 aliphatic rings. The molecule has 0 aromatic heterocycles. The molecule has 14 heavy (non-hydrogen) atoms. The minimum Gasteiger partial charge on any atom is -0.370 e. The van der Waals surface area contributed by atoms with E-state index in [0.29, 0.717) is 19.7 Å². The van der Waals surface area contributed by atoms with Crippen LogP contribution in [-0.4, -0.2) is 52.7 Å². The maximum absolute atomic E-state index is 10.3. The first-order valence-electron chi connectivity index (χ1n) is 4.33. The van der Waals surface area contributed by atoms with Gasteiger partial charge in [-0.3, -0.25) is 4.79 Å². The molecule has 6 nitrogen and oxygen atoms in total. The zero-order chi connectivity index (χ0) is 10.8. The lowest BCUT2D eigenvalue weighted by Crippen LogP contribution is -2.32. The minimum atomic E-state index is -0.461. The SMILES string of the molecule is COC(CNCCOCC(N)=O)OC. The molecule has 0 spiro atoms. The maximum atomic E-state index is 10.3. The van der Waals surface area contributed by atoms with Crippen molar-refractivity contribution in [3.05, 3.63) is 0 Å². The monoisotopic (exact) mass is 206 g/mol. The summed E-state index contributed by atoms with van der Waals surface area (Å²) >= 11 is 0. The quantitative estimate of drug-likeness (QED) is 0.362. The number of ether oxygens (including phenoxy) is 3. The highest BCUT2D eigenvalue weighted by Gasteiger charge is 2.02. The van der Waals surface area contributed by atoms with Crippen LogP contribution in [0.5, 0.6) is 0 Å². The molecule has 0 heterocycles. The van der Waals surface area contributed by atoms with E-state index in [1.54, 1.807) is 14.2 Å². The number of rotatable bonds is 9. The number of methoxy groups -OCH3 is 2. The van der Waals surface area contributed by atoms with Crippen molar-refractivity contribution < 1.29 is 19.0 Å². The zero-order valence-corrected chi connectivity index (χ0v) is 8.62. The van der Waals surface area contributed by atoms with Gasteiger partial charge in [-0.2, -0.15) is 0 Å². The molecular weight excluding hydrogens is 188 g/mol. The van der Waals surface area contributed by atoms with Gasteiger partial charge in [0.2, 0.25) is 5.91 Å². The second kappa shape index (κ2) is 8.89. The number of nitrogens with two attached hydrogens (primary N) is 1. The average molecular weight is 206 g/mol. The Morgan fingerprint density at radius 2 is 2.07 bits per heavy atom. The molecule has 0 aliphatic heterocycles. The van der Waals surface area contributed by atoms with Gasteiger partial charge in [0.25, 0.3) is 0 Å². The van der Waals surface area contributed by atoms with E-state index in [-0.39, 0.29) is 12.9 Å². The lowest BCUT2D eigenvalue weighted by molar-refractivity contribution is -0.122. The molecule has 0 aliphatic carbocycles. The van der Waals surface area contributed by atoms with Gasteiger partial charge in [-0.05, 0) is 0 Å². The van der Waals surface area contributed by atoms with Gasteiger partial charge in [0.15, 0.2) is 6.29 Å². The van der Waals surface area contributed by atoms with Crippen LogP contribution in [0.3, 0.4) is 0 Å². The van der Waals surface area contributed by atoms with Crippen molar-refractivity contribution in [1.29, 1.82) is 0 Å². The predicted octanol–water partition coefficient (Wildman–Crippen LogP) is -1.30. The molecule has 0 fully saturated rings. The van der Waals surface area contributed by atoms with Crippen molar-refractivity contribution in [3.63, 3.8) is 0 Å². The molecule has 3 N–H and O–H groups in total. The lowest BCUT2D eigenvalue weighted by Gasteiger charge is -2.13. The summed E-state index contributed by atoms with van der Waals surface area (Å²) in [6.45, 7) is 1.59. The van der Waals surface area contributed by atoms with Gasteiger partial charge < -0.3 is 25.3 Å². The second-order valence-electron chi connectivity index (χ2n) is 2.62. The Morgan fingerprint density at radius 1 is 1.43 bits per heavy atom. The van der Waals surface area contributed by atoms with E-state index in [1.807, 2.05) is 0 Å². The molecule has 0 radical (unpaired) electrons. The molecule has 0 saturated carbocycles. The first-order valence-corrected chi connectivity index (χ1v) is 4.33. The molecule has 0 aromatic rings. The molecule has 84 valence electrons. The maximum Gasteiger partial charge on any atom is 0.243 e. The first kappa shape index (κ1) is 13.3. The Kier molecular flexibility index (Phi) is 8.45. The van der Waals surface area contributed by atoms with Gasteiger partial charge in [-0.25, -0.2) is 0 Å². The van der Waals surface area contributed by atoms with Crippen LogP contribution in [-0.2, 0) is 19.0 Å². The van der Waals surface area contributed by atoms with Crippen molar-refractivity contribution in [3.8, 4) is 0 Å². The Labute approximate surface area is 83.7 Å². The van der Waals surface area contributed by atoms with E-state index in [4.69, 9.17) is 19.9 Å². The highest BCUT2D eigenvalue weighted by molar-refractivity contribution is 5.74. The first-order chi connectivity index (χ1) is 6.70. The summed E-state index contributed by atoms with van der Waals surface area (Å²) in [5.74, 6) is -0.461. The summed E-state index contributed by atoms with van der Waals surface area (Å²) in [5.41, 5.74) is 4.87. The highest BCUT2D eigenvalue weighted by Crippen LogP contribution is 1.86. The summed E-state index contributed by atoms with van der Waals surface area (Å²) in [5, 5.41) is 3.03. The molecule has 0 atom stereocenters. The van der Waals surface area contributed by atoms with Crippen LogP contribution in [0.15, 0.2) is 0 Å². The number of carbonyl (C=O) groups excluding carboxylic acids is 1. The Hall–Kier alpha value is -0.690. The standard InChI is InChI=1S/C8H18N2O4/c1-12-8(13-2)5-10-3-4-14-6-7(9)11/h8,10H,3-6H2,1-2H3,(H2,9,11). The van der Waals surface area contributed by atoms with Gasteiger partial charge in [-0.1, -0.05) is 0 Å². The molecule has 0 rings (SSSR count). The number of amides is 1. The number of primary amides is 1. The topological polar surface area (TPSA) is 82.8 Å². The summed E-state index contributed by atoms with van der Waals surface area (Å²) in [6, 6.07) is 0. The number of carbonyl (C=O) groups is 1. The van der Waals surface area contributed by atoms with Crippen LogP contribution in [0.2, 0.25) is 0 Å². The van der Waals surface area contributed by atoms with Crippen LogP contribution in [0.4, 0.5) is 0 Å². The lowest BCUT2D eigenvalue weighted by atomic mass is 10.5. The van der Waals surface area contributed by atoms with Crippen molar-refractivity contribution in [2.75, 3.05) is 40.5 Å². The summed E-state index contributed by atoms with van der Waals surface area (Å²) in [7, 11) is 3.14. The van der Waals surface area contributed by atoms with E-state index in [1.165, 1.54) is 0 Å². The highest BCUT2D eigenvalue weighted by atomic mass is 16.7. The molecule has 0 aromatic carbocycles. The fraction of sp³-hybridized carbons (Fsp3) is 0.875. The molecule has 0 saturated heterocycles. The fourth-order valence-electron chi connectivity index (χ4n) is 0.800. The summed E-state index contributed by atoms with van der Waals surface area (Å²) < 4.78 is 14.8. The third-order valence-electron chi connectivity index (χ3n) is 1.50. The van der Waals surface area contributed by atoms with Crippen LogP contribution in [0.25, 0.3) is 0 Å². The smallest absolute Gasteiger partial charge is 0.243 e. The number of hydrogen-bond acceptors (Lipinski definition) is 5. The molecule has 0 unspecified atom stereocenters. The number of nitrogens with one attached hydrogen (secondary N) is 1. The average Bonchev–Trinajstić information content (AvgIpc) is 2.16. The van der Waals surface area contributed by atoms with Gasteiger partial charge in [-0.15, -0.1) is 0 Å². The van der Waals surface area contributed by atoms with E-state index in [2.05, 4.69) is 5.32 Å². The minimum absolute atomic E-state index is 0.0420. The van der Waals surface area contributed by atoms with E-state index < -0.39 is 5.91 Å².